The number of benzene rings is 1. The Bertz CT molecular complexity index is 508. The predicted octanol–water partition coefficient (Wildman–Crippen LogP) is 1.71. The van der Waals surface area contributed by atoms with Crippen LogP contribution in [-0.4, -0.2) is 24.2 Å². The van der Waals surface area contributed by atoms with E-state index < -0.39 is 0 Å². The molecule has 108 valence electrons. The van der Waals surface area contributed by atoms with Crippen LogP contribution < -0.4 is 20.9 Å². The summed E-state index contributed by atoms with van der Waals surface area (Å²) in [5, 5.41) is 3.77. The summed E-state index contributed by atoms with van der Waals surface area (Å²) in [5.41, 5.74) is 5.84. The maximum Gasteiger partial charge on any atom is 0.276 e. The van der Waals surface area contributed by atoms with E-state index in [1.165, 1.54) is 0 Å². The lowest BCUT2D eigenvalue weighted by molar-refractivity contribution is -0.123. The van der Waals surface area contributed by atoms with Gasteiger partial charge in [0.1, 0.15) is 5.75 Å². The van der Waals surface area contributed by atoms with Crippen molar-refractivity contribution in [2.75, 3.05) is 13.2 Å². The van der Waals surface area contributed by atoms with Crippen LogP contribution in [0.4, 0.5) is 0 Å². The van der Waals surface area contributed by atoms with E-state index in [4.69, 9.17) is 28.6 Å². The van der Waals surface area contributed by atoms with Crippen molar-refractivity contribution in [1.82, 2.24) is 16.2 Å². The highest BCUT2D eigenvalue weighted by atomic mass is 35.5. The van der Waals surface area contributed by atoms with Gasteiger partial charge < -0.3 is 10.1 Å². The second-order valence-electron chi connectivity index (χ2n) is 3.87. The normalized spacial score (nSPS) is 9.50. The second kappa shape index (κ2) is 8.39. The van der Waals surface area contributed by atoms with Crippen LogP contribution >= 0.6 is 23.8 Å². The number of aryl methyl sites for hydroxylation is 1. The zero-order valence-electron chi connectivity index (χ0n) is 11.0. The van der Waals surface area contributed by atoms with Crippen LogP contribution in [0.2, 0.25) is 5.02 Å². The monoisotopic (exact) mass is 313 g/mol. The molecule has 0 atom stereocenters. The summed E-state index contributed by atoms with van der Waals surface area (Å²) in [5.74, 6) is 0.231. The minimum absolute atomic E-state index is 0.127. The molecule has 0 saturated heterocycles. The van der Waals surface area contributed by atoms with Crippen LogP contribution in [0.1, 0.15) is 5.56 Å². The van der Waals surface area contributed by atoms with Gasteiger partial charge in [0.15, 0.2) is 11.7 Å². The fraction of sp³-hybridized carbons (Fsp3) is 0.231. The van der Waals surface area contributed by atoms with Crippen LogP contribution in [0, 0.1) is 6.92 Å². The van der Waals surface area contributed by atoms with Crippen LogP contribution in [0.15, 0.2) is 30.9 Å². The molecule has 3 N–H and O–H groups in total. The molecular formula is C13H16ClN3O2S. The predicted molar refractivity (Wildman–Crippen MR) is 83.8 cm³/mol. The molecule has 0 saturated carbocycles. The van der Waals surface area contributed by atoms with Crippen molar-refractivity contribution in [3.63, 3.8) is 0 Å². The topological polar surface area (TPSA) is 62.4 Å². The van der Waals surface area contributed by atoms with Gasteiger partial charge in [0, 0.05) is 11.6 Å². The first-order valence-electron chi connectivity index (χ1n) is 5.85. The largest absolute Gasteiger partial charge is 0.484 e. The summed E-state index contributed by atoms with van der Waals surface area (Å²) in [7, 11) is 0. The summed E-state index contributed by atoms with van der Waals surface area (Å²) in [6, 6.07) is 5.18. The molecule has 1 aromatic carbocycles. The van der Waals surface area contributed by atoms with Crippen molar-refractivity contribution >= 4 is 34.8 Å². The van der Waals surface area contributed by atoms with E-state index >= 15 is 0 Å². The first-order chi connectivity index (χ1) is 9.52. The third-order valence-corrected chi connectivity index (χ3v) is 2.89. The molecule has 7 heteroatoms. The molecule has 0 unspecified atom stereocenters. The van der Waals surface area contributed by atoms with E-state index in [1.807, 2.05) is 6.92 Å². The van der Waals surface area contributed by atoms with Gasteiger partial charge in [-0.05, 0) is 42.9 Å². The minimum atomic E-state index is -0.347. The summed E-state index contributed by atoms with van der Waals surface area (Å²) < 4.78 is 5.33. The molecule has 0 aliphatic rings. The number of thiocarbonyl (C=S) groups is 1. The van der Waals surface area contributed by atoms with Crippen LogP contribution in [-0.2, 0) is 4.79 Å². The number of carbonyl (C=O) groups excluding carboxylic acids is 1. The number of hydrogen-bond acceptors (Lipinski definition) is 3. The molecule has 0 radical (unpaired) electrons. The number of rotatable bonds is 5. The number of halogens is 1. The van der Waals surface area contributed by atoms with Crippen molar-refractivity contribution in [2.24, 2.45) is 0 Å². The lowest BCUT2D eigenvalue weighted by Crippen LogP contribution is -2.48. The van der Waals surface area contributed by atoms with Gasteiger partial charge >= 0.3 is 0 Å². The van der Waals surface area contributed by atoms with Crippen molar-refractivity contribution in [1.29, 1.82) is 0 Å². The van der Waals surface area contributed by atoms with E-state index in [9.17, 15) is 4.79 Å². The molecule has 1 rings (SSSR count). The fourth-order valence-corrected chi connectivity index (χ4v) is 1.48. The molecule has 0 aliphatic carbocycles. The van der Waals surface area contributed by atoms with Gasteiger partial charge in [-0.15, -0.1) is 6.58 Å². The van der Waals surface area contributed by atoms with Gasteiger partial charge in [0.25, 0.3) is 5.91 Å². The molecule has 0 fully saturated rings. The van der Waals surface area contributed by atoms with Crippen LogP contribution in [0.5, 0.6) is 5.75 Å². The molecule has 0 heterocycles. The molecule has 0 aliphatic heterocycles. The van der Waals surface area contributed by atoms with Gasteiger partial charge in [-0.25, -0.2) is 0 Å². The van der Waals surface area contributed by atoms with Gasteiger partial charge in [-0.1, -0.05) is 17.7 Å². The zero-order chi connectivity index (χ0) is 15.0. The Kier molecular flexibility index (Phi) is 6.83. The quantitative estimate of drug-likeness (QED) is 0.439. The Hall–Kier alpha value is -1.79. The van der Waals surface area contributed by atoms with E-state index in [0.717, 1.165) is 5.56 Å². The molecule has 0 spiro atoms. The highest BCUT2D eigenvalue weighted by Gasteiger charge is 2.04. The average Bonchev–Trinajstić information content (AvgIpc) is 2.44. The highest BCUT2D eigenvalue weighted by Crippen LogP contribution is 2.20. The Morgan fingerprint density at radius 3 is 2.90 bits per heavy atom. The smallest absolute Gasteiger partial charge is 0.276 e. The van der Waals surface area contributed by atoms with Gasteiger partial charge in [0.05, 0.1) is 0 Å². The Balaban J connectivity index is 2.30. The second-order valence-corrected chi connectivity index (χ2v) is 4.69. The molecule has 1 aromatic rings. The number of hydrogen-bond donors (Lipinski definition) is 3. The lowest BCUT2D eigenvalue weighted by atomic mass is 10.2. The fourth-order valence-electron chi connectivity index (χ4n) is 1.23. The Labute approximate surface area is 128 Å². The van der Waals surface area contributed by atoms with Gasteiger partial charge in [-0.2, -0.15) is 0 Å². The molecular weight excluding hydrogens is 298 g/mol. The Morgan fingerprint density at radius 1 is 1.50 bits per heavy atom. The van der Waals surface area contributed by atoms with E-state index in [-0.39, 0.29) is 12.5 Å². The van der Waals surface area contributed by atoms with Gasteiger partial charge in [0.2, 0.25) is 0 Å². The Morgan fingerprint density at radius 2 is 2.25 bits per heavy atom. The number of ether oxygens (including phenoxy) is 1. The maximum absolute atomic E-state index is 11.5. The number of hydrazine groups is 1. The van der Waals surface area contributed by atoms with E-state index in [0.29, 0.717) is 22.4 Å². The SMILES string of the molecule is C=CCNC(=S)NNC(=O)COc1ccc(Cl)c(C)c1. The van der Waals surface area contributed by atoms with Crippen molar-refractivity contribution < 1.29 is 9.53 Å². The first-order valence-corrected chi connectivity index (χ1v) is 6.64. The minimum Gasteiger partial charge on any atom is -0.484 e. The van der Waals surface area contributed by atoms with Crippen molar-refractivity contribution in [2.45, 2.75) is 6.92 Å². The van der Waals surface area contributed by atoms with Crippen LogP contribution in [0.3, 0.4) is 0 Å². The summed E-state index contributed by atoms with van der Waals surface area (Å²) in [6.07, 6.45) is 1.65. The van der Waals surface area contributed by atoms with Crippen molar-refractivity contribution in [3.05, 3.63) is 41.4 Å². The molecule has 0 bridgehead atoms. The highest BCUT2D eigenvalue weighted by molar-refractivity contribution is 7.80. The standard InChI is InChI=1S/C13H16ClN3O2S/c1-3-6-15-13(20)17-16-12(18)8-19-10-4-5-11(14)9(2)7-10/h3-5,7H,1,6,8H2,2H3,(H,16,18)(H2,15,17,20). The summed E-state index contributed by atoms with van der Waals surface area (Å²) in [4.78, 5) is 11.5. The van der Waals surface area contributed by atoms with Crippen molar-refractivity contribution in [3.8, 4) is 5.75 Å². The van der Waals surface area contributed by atoms with Crippen LogP contribution in [0.25, 0.3) is 0 Å². The molecule has 20 heavy (non-hydrogen) atoms. The average molecular weight is 314 g/mol. The molecule has 0 aromatic heterocycles. The maximum atomic E-state index is 11.5. The molecule has 1 amide bonds. The third kappa shape index (κ3) is 5.90. The lowest BCUT2D eigenvalue weighted by Gasteiger charge is -2.11. The number of amides is 1. The zero-order valence-corrected chi connectivity index (χ0v) is 12.6. The van der Waals surface area contributed by atoms with Gasteiger partial charge in [-0.3, -0.25) is 15.6 Å². The summed E-state index contributed by atoms with van der Waals surface area (Å²) >= 11 is 10.8. The van der Waals surface area contributed by atoms with E-state index in [1.54, 1.807) is 24.3 Å². The van der Waals surface area contributed by atoms with E-state index in [2.05, 4.69) is 22.7 Å². The third-order valence-electron chi connectivity index (χ3n) is 2.22. The first kappa shape index (κ1) is 16.3. The molecule has 5 nitrogen and oxygen atoms in total. The number of carbonyl (C=O) groups is 1. The summed E-state index contributed by atoms with van der Waals surface area (Å²) in [6.45, 7) is 5.79. The number of nitrogens with one attached hydrogen (secondary N) is 3.